The highest BCUT2D eigenvalue weighted by Crippen LogP contribution is 1.99. The first kappa shape index (κ1) is 8.41. The highest BCUT2D eigenvalue weighted by molar-refractivity contribution is 5.58. The number of rotatable bonds is 1. The fourth-order valence-corrected chi connectivity index (χ4v) is 0.931. The lowest BCUT2D eigenvalue weighted by molar-refractivity contribution is -0.501. The van der Waals surface area contributed by atoms with Gasteiger partial charge in [-0.2, -0.15) is 9.64 Å². The summed E-state index contributed by atoms with van der Waals surface area (Å²) in [5.41, 5.74) is 0. The number of aliphatic hydroxyl groups is 3. The van der Waals surface area contributed by atoms with Crippen LogP contribution in [0.3, 0.4) is 0 Å². The van der Waals surface area contributed by atoms with E-state index in [0.29, 0.717) is 4.74 Å². The van der Waals surface area contributed by atoms with Crippen LogP contribution in [0.5, 0.6) is 0 Å². The molecule has 1 aliphatic heterocycles. The van der Waals surface area contributed by atoms with Crippen molar-refractivity contribution in [1.82, 2.24) is 4.90 Å². The SMILES string of the molecule is [O-][N+]1=CC(O)CN(C(O)O)C1. The lowest BCUT2D eigenvalue weighted by Crippen LogP contribution is -2.48. The average molecular weight is 162 g/mol. The normalized spacial score (nSPS) is 27.3. The lowest BCUT2D eigenvalue weighted by atomic mass is 10.3. The molecule has 64 valence electrons. The Morgan fingerprint density at radius 2 is 2.27 bits per heavy atom. The van der Waals surface area contributed by atoms with Gasteiger partial charge in [0.25, 0.3) is 0 Å². The van der Waals surface area contributed by atoms with Crippen LogP contribution < -0.4 is 0 Å². The number of aliphatic hydroxyl groups excluding tert-OH is 2. The Hall–Kier alpha value is -0.690. The van der Waals surface area contributed by atoms with E-state index in [-0.39, 0.29) is 13.2 Å². The second kappa shape index (κ2) is 3.14. The molecule has 0 amide bonds. The smallest absolute Gasteiger partial charge is 0.218 e. The molecule has 0 aliphatic carbocycles. The molecule has 1 aliphatic rings. The van der Waals surface area contributed by atoms with Crippen molar-refractivity contribution >= 4 is 6.21 Å². The van der Waals surface area contributed by atoms with Gasteiger partial charge < -0.3 is 20.5 Å². The van der Waals surface area contributed by atoms with E-state index in [1.54, 1.807) is 0 Å². The Morgan fingerprint density at radius 3 is 2.73 bits per heavy atom. The molecule has 1 unspecified atom stereocenters. The summed E-state index contributed by atoms with van der Waals surface area (Å²) in [6, 6.07) is 0. The maximum atomic E-state index is 10.6. The number of β-amino-alcohol motifs (C(OH)–C–C–N with tert-alkyl or cyclic N) is 1. The van der Waals surface area contributed by atoms with Crippen LogP contribution in [-0.2, 0) is 0 Å². The molecule has 0 saturated carbocycles. The number of hydrogen-bond acceptors (Lipinski definition) is 5. The van der Waals surface area contributed by atoms with Gasteiger partial charge in [0.2, 0.25) is 13.1 Å². The van der Waals surface area contributed by atoms with Crippen molar-refractivity contribution < 1.29 is 20.1 Å². The Kier molecular flexibility index (Phi) is 2.40. The second-order valence-corrected chi connectivity index (χ2v) is 2.39. The monoisotopic (exact) mass is 162 g/mol. The summed E-state index contributed by atoms with van der Waals surface area (Å²) in [5.74, 6) is 0. The summed E-state index contributed by atoms with van der Waals surface area (Å²) in [4.78, 5) is 1.04. The van der Waals surface area contributed by atoms with Crippen LogP contribution in [0.25, 0.3) is 0 Å². The van der Waals surface area contributed by atoms with Crippen LogP contribution in [0.4, 0.5) is 0 Å². The molecule has 0 aromatic rings. The Morgan fingerprint density at radius 1 is 1.64 bits per heavy atom. The van der Waals surface area contributed by atoms with Crippen molar-refractivity contribution in [3.63, 3.8) is 0 Å². The molecular formula is C5H10N2O4. The molecule has 0 fully saturated rings. The first-order chi connectivity index (χ1) is 5.09. The third-order valence-corrected chi connectivity index (χ3v) is 1.41. The van der Waals surface area contributed by atoms with Gasteiger partial charge >= 0.3 is 0 Å². The largest absolute Gasteiger partial charge is 0.623 e. The summed E-state index contributed by atoms with van der Waals surface area (Å²) < 4.78 is 0.452. The van der Waals surface area contributed by atoms with E-state index in [1.807, 2.05) is 0 Å². The average Bonchev–Trinajstić information content (AvgIpc) is 1.85. The van der Waals surface area contributed by atoms with Crippen molar-refractivity contribution in [3.8, 4) is 0 Å². The maximum Gasteiger partial charge on any atom is 0.218 e. The second-order valence-electron chi connectivity index (χ2n) is 2.39. The van der Waals surface area contributed by atoms with E-state index in [9.17, 15) is 5.21 Å². The zero-order valence-electron chi connectivity index (χ0n) is 5.79. The lowest BCUT2D eigenvalue weighted by Gasteiger charge is -2.26. The predicted molar refractivity (Wildman–Crippen MR) is 35.5 cm³/mol. The van der Waals surface area contributed by atoms with Gasteiger partial charge in [-0.25, -0.2) is 0 Å². The number of hydroxylamine groups is 1. The Labute approximate surface area is 63.2 Å². The van der Waals surface area contributed by atoms with Crippen LogP contribution >= 0.6 is 0 Å². The van der Waals surface area contributed by atoms with Crippen LogP contribution in [0.15, 0.2) is 0 Å². The number of nitrogens with zero attached hydrogens (tertiary/aromatic N) is 2. The molecule has 6 nitrogen and oxygen atoms in total. The first-order valence-corrected chi connectivity index (χ1v) is 3.16. The molecule has 0 saturated heterocycles. The van der Waals surface area contributed by atoms with Crippen molar-refractivity contribution in [3.05, 3.63) is 5.21 Å². The van der Waals surface area contributed by atoms with Gasteiger partial charge in [-0.3, -0.25) is 0 Å². The first-order valence-electron chi connectivity index (χ1n) is 3.16. The summed E-state index contributed by atoms with van der Waals surface area (Å²) in [7, 11) is 0. The molecule has 0 aromatic heterocycles. The topological polar surface area (TPSA) is 90.0 Å². The molecule has 11 heavy (non-hydrogen) atoms. The van der Waals surface area contributed by atoms with Crippen molar-refractivity contribution in [2.45, 2.75) is 12.5 Å². The molecule has 6 heteroatoms. The zero-order chi connectivity index (χ0) is 8.43. The van der Waals surface area contributed by atoms with Gasteiger partial charge in [-0.15, -0.1) is 0 Å². The van der Waals surface area contributed by atoms with Crippen molar-refractivity contribution in [2.75, 3.05) is 13.2 Å². The van der Waals surface area contributed by atoms with E-state index in [2.05, 4.69) is 0 Å². The van der Waals surface area contributed by atoms with Crippen LogP contribution in [0, 0.1) is 5.21 Å². The fourth-order valence-electron chi connectivity index (χ4n) is 0.931. The van der Waals surface area contributed by atoms with E-state index < -0.39 is 12.5 Å². The minimum Gasteiger partial charge on any atom is -0.623 e. The fraction of sp³-hybridized carbons (Fsp3) is 0.800. The van der Waals surface area contributed by atoms with Gasteiger partial charge in [0, 0.05) is 6.54 Å². The minimum atomic E-state index is -1.69. The minimum absolute atomic E-state index is 0.0659. The highest BCUT2D eigenvalue weighted by atomic mass is 16.5. The zero-order valence-corrected chi connectivity index (χ0v) is 5.79. The maximum absolute atomic E-state index is 10.6. The van der Waals surface area contributed by atoms with Crippen LogP contribution in [-0.4, -0.2) is 56.9 Å². The van der Waals surface area contributed by atoms with Crippen LogP contribution in [0.1, 0.15) is 0 Å². The van der Waals surface area contributed by atoms with Gasteiger partial charge in [-0.05, 0) is 0 Å². The Bertz CT molecular complexity index is 170. The van der Waals surface area contributed by atoms with Gasteiger partial charge in [0.05, 0.1) is 0 Å². The third-order valence-electron chi connectivity index (χ3n) is 1.41. The molecule has 3 N–H and O–H groups in total. The molecule has 1 atom stereocenters. The molecule has 0 radical (unpaired) electrons. The van der Waals surface area contributed by atoms with Gasteiger partial charge in [-0.1, -0.05) is 0 Å². The van der Waals surface area contributed by atoms with E-state index in [0.717, 1.165) is 11.1 Å². The Balaban J connectivity index is 2.57. The van der Waals surface area contributed by atoms with Crippen LogP contribution in [0.2, 0.25) is 0 Å². The summed E-state index contributed by atoms with van der Waals surface area (Å²) in [6.07, 6.45) is -1.53. The predicted octanol–water partition coefficient (Wildman–Crippen LogP) is -2.53. The van der Waals surface area contributed by atoms with Gasteiger partial charge in [0.1, 0.15) is 6.10 Å². The third kappa shape index (κ3) is 2.12. The van der Waals surface area contributed by atoms with Crippen molar-refractivity contribution in [2.24, 2.45) is 0 Å². The quantitative estimate of drug-likeness (QED) is 0.225. The molecule has 0 spiro atoms. The molecule has 1 rings (SSSR count). The van der Waals surface area contributed by atoms with E-state index in [1.165, 1.54) is 0 Å². The number of hydrogen-bond donors (Lipinski definition) is 3. The molecule has 0 bridgehead atoms. The standard InChI is InChI=1S/C5H10N2O4/c8-4-1-6(5(9)10)3-7(11)2-4/h2,4-5,8-10H,1,3H2. The summed E-state index contributed by atoms with van der Waals surface area (Å²) in [6.45, 7) is -0.0644. The van der Waals surface area contributed by atoms with E-state index in [4.69, 9.17) is 15.3 Å². The van der Waals surface area contributed by atoms with Gasteiger partial charge in [0.15, 0.2) is 6.21 Å². The van der Waals surface area contributed by atoms with Crippen molar-refractivity contribution in [1.29, 1.82) is 0 Å². The molecule has 1 heterocycles. The van der Waals surface area contributed by atoms with E-state index >= 15 is 0 Å². The molecule has 0 aromatic carbocycles. The molecular weight excluding hydrogens is 152 g/mol. The summed E-state index contributed by atoms with van der Waals surface area (Å²) >= 11 is 0. The summed E-state index contributed by atoms with van der Waals surface area (Å²) in [5, 5.41) is 36.8. The highest BCUT2D eigenvalue weighted by Gasteiger charge is 2.24.